The van der Waals surface area contributed by atoms with Crippen molar-refractivity contribution in [1.29, 1.82) is 0 Å². The zero-order valence-electron chi connectivity index (χ0n) is 8.14. The standard InChI is InChI=1S/C10H10F5N/c11-7-3-1-2-6(4-7)8(5-9(12)13)16-10(14)15/h1-4,8-10,16H,5H2. The molecule has 6 heteroatoms. The van der Waals surface area contributed by atoms with E-state index in [1.807, 2.05) is 0 Å². The number of hydrogen-bond donors (Lipinski definition) is 1. The van der Waals surface area contributed by atoms with Gasteiger partial charge in [-0.25, -0.2) is 13.2 Å². The average Bonchev–Trinajstić information content (AvgIpc) is 2.15. The fraction of sp³-hybridized carbons (Fsp3) is 0.400. The summed E-state index contributed by atoms with van der Waals surface area (Å²) in [6.07, 6.45) is -3.52. The molecule has 0 aromatic heterocycles. The van der Waals surface area contributed by atoms with Crippen LogP contribution >= 0.6 is 0 Å². The lowest BCUT2D eigenvalue weighted by molar-refractivity contribution is 0.0656. The molecule has 0 aliphatic carbocycles. The molecule has 0 saturated heterocycles. The van der Waals surface area contributed by atoms with E-state index in [0.29, 0.717) is 0 Å². The second-order valence-electron chi connectivity index (χ2n) is 3.20. The first kappa shape index (κ1) is 12.9. The van der Waals surface area contributed by atoms with E-state index in [0.717, 1.165) is 12.1 Å². The van der Waals surface area contributed by atoms with Crippen molar-refractivity contribution in [2.45, 2.75) is 25.4 Å². The fourth-order valence-electron chi connectivity index (χ4n) is 1.35. The minimum Gasteiger partial charge on any atom is -0.254 e. The Morgan fingerprint density at radius 2 is 1.81 bits per heavy atom. The third-order valence-corrected chi connectivity index (χ3v) is 1.99. The minimum atomic E-state index is -2.92. The van der Waals surface area contributed by atoms with Crippen LogP contribution in [0.1, 0.15) is 18.0 Å². The van der Waals surface area contributed by atoms with Crippen molar-refractivity contribution in [1.82, 2.24) is 5.32 Å². The van der Waals surface area contributed by atoms with Crippen LogP contribution in [0, 0.1) is 5.82 Å². The predicted octanol–water partition coefficient (Wildman–Crippen LogP) is 3.33. The Balaban J connectivity index is 2.82. The molecule has 0 fully saturated rings. The van der Waals surface area contributed by atoms with Gasteiger partial charge in [-0.2, -0.15) is 8.78 Å². The normalized spacial score (nSPS) is 13.4. The number of nitrogens with one attached hydrogen (secondary N) is 1. The van der Waals surface area contributed by atoms with Crippen molar-refractivity contribution >= 4 is 0 Å². The van der Waals surface area contributed by atoms with Crippen molar-refractivity contribution in [3.63, 3.8) is 0 Å². The summed E-state index contributed by atoms with van der Waals surface area (Å²) in [6, 6.07) is 3.44. The molecule has 0 bridgehead atoms. The van der Waals surface area contributed by atoms with Crippen molar-refractivity contribution in [2.24, 2.45) is 0 Å². The first-order valence-electron chi connectivity index (χ1n) is 4.57. The maximum atomic E-state index is 12.8. The summed E-state index contributed by atoms with van der Waals surface area (Å²) in [4.78, 5) is 0. The SMILES string of the molecule is Fc1cccc(C(CC(F)F)NC(F)F)c1. The van der Waals surface area contributed by atoms with E-state index in [2.05, 4.69) is 0 Å². The topological polar surface area (TPSA) is 12.0 Å². The maximum absolute atomic E-state index is 12.8. The number of halogens is 5. The van der Waals surface area contributed by atoms with E-state index in [-0.39, 0.29) is 5.56 Å². The van der Waals surface area contributed by atoms with Gasteiger partial charge in [-0.05, 0) is 17.7 Å². The molecule has 1 aromatic rings. The highest BCUT2D eigenvalue weighted by Crippen LogP contribution is 2.22. The summed E-state index contributed by atoms with van der Waals surface area (Å²) < 4.78 is 61.2. The van der Waals surface area contributed by atoms with E-state index >= 15 is 0 Å². The van der Waals surface area contributed by atoms with Crippen LogP contribution in [0.4, 0.5) is 22.0 Å². The first-order valence-corrected chi connectivity index (χ1v) is 4.57. The van der Waals surface area contributed by atoms with Gasteiger partial charge in [0.2, 0.25) is 6.43 Å². The molecule has 0 aliphatic heterocycles. The monoisotopic (exact) mass is 239 g/mol. The van der Waals surface area contributed by atoms with Gasteiger partial charge in [-0.3, -0.25) is 5.32 Å². The lowest BCUT2D eigenvalue weighted by Gasteiger charge is -2.18. The highest BCUT2D eigenvalue weighted by Gasteiger charge is 2.20. The molecular formula is C10H10F5N. The summed E-state index contributed by atoms with van der Waals surface area (Å²) >= 11 is 0. The molecule has 90 valence electrons. The summed E-state index contributed by atoms with van der Waals surface area (Å²) in [5.41, 5.74) is 0.0839. The van der Waals surface area contributed by atoms with Crippen molar-refractivity contribution in [3.8, 4) is 0 Å². The molecule has 16 heavy (non-hydrogen) atoms. The first-order chi connectivity index (χ1) is 7.49. The van der Waals surface area contributed by atoms with Crippen molar-refractivity contribution in [2.75, 3.05) is 0 Å². The van der Waals surface area contributed by atoms with Crippen LogP contribution < -0.4 is 5.32 Å². The summed E-state index contributed by atoms with van der Waals surface area (Å²) in [7, 11) is 0. The molecule has 0 heterocycles. The van der Waals surface area contributed by atoms with Gasteiger partial charge in [0.25, 0.3) is 6.55 Å². The van der Waals surface area contributed by atoms with Gasteiger partial charge in [0.1, 0.15) is 5.82 Å². The minimum absolute atomic E-state index is 0.0839. The van der Waals surface area contributed by atoms with E-state index in [4.69, 9.17) is 0 Å². The molecule has 1 atom stereocenters. The van der Waals surface area contributed by atoms with E-state index in [9.17, 15) is 22.0 Å². The molecule has 1 unspecified atom stereocenters. The maximum Gasteiger partial charge on any atom is 0.292 e. The zero-order chi connectivity index (χ0) is 12.1. The Hall–Kier alpha value is -1.17. The molecular weight excluding hydrogens is 229 g/mol. The van der Waals surface area contributed by atoms with E-state index in [1.54, 1.807) is 5.32 Å². The third-order valence-electron chi connectivity index (χ3n) is 1.99. The molecule has 0 radical (unpaired) electrons. The van der Waals surface area contributed by atoms with Crippen molar-refractivity contribution in [3.05, 3.63) is 35.6 Å². The number of rotatable bonds is 5. The number of benzene rings is 1. The Labute approximate surface area is 89.3 Å². The highest BCUT2D eigenvalue weighted by molar-refractivity contribution is 5.20. The Kier molecular flexibility index (Phi) is 4.67. The van der Waals surface area contributed by atoms with Crippen LogP contribution in [0.5, 0.6) is 0 Å². The van der Waals surface area contributed by atoms with Crippen LogP contribution in [0.15, 0.2) is 24.3 Å². The molecule has 0 spiro atoms. The molecule has 1 aromatic carbocycles. The molecule has 0 aliphatic rings. The zero-order valence-corrected chi connectivity index (χ0v) is 8.14. The van der Waals surface area contributed by atoms with Crippen molar-refractivity contribution < 1.29 is 22.0 Å². The van der Waals surface area contributed by atoms with Gasteiger partial charge in [0, 0.05) is 12.5 Å². The van der Waals surface area contributed by atoms with Gasteiger partial charge >= 0.3 is 0 Å². The van der Waals surface area contributed by atoms with E-state index in [1.165, 1.54) is 12.1 Å². The average molecular weight is 239 g/mol. The van der Waals surface area contributed by atoms with Gasteiger partial charge in [0.05, 0.1) is 0 Å². The lowest BCUT2D eigenvalue weighted by Crippen LogP contribution is -2.28. The highest BCUT2D eigenvalue weighted by atomic mass is 19.3. The quantitative estimate of drug-likeness (QED) is 0.613. The molecule has 0 amide bonds. The second-order valence-corrected chi connectivity index (χ2v) is 3.20. The van der Waals surface area contributed by atoms with Gasteiger partial charge < -0.3 is 0 Å². The molecule has 0 saturated carbocycles. The van der Waals surface area contributed by atoms with E-state index < -0.39 is 31.3 Å². The van der Waals surface area contributed by atoms with Crippen LogP contribution in [0.3, 0.4) is 0 Å². The predicted molar refractivity (Wildman–Crippen MR) is 48.9 cm³/mol. The Bertz CT molecular complexity index is 319. The molecule has 1 rings (SSSR count). The molecule has 1 nitrogen and oxygen atoms in total. The largest absolute Gasteiger partial charge is 0.292 e. The lowest BCUT2D eigenvalue weighted by atomic mass is 10.0. The smallest absolute Gasteiger partial charge is 0.254 e. The van der Waals surface area contributed by atoms with Crippen LogP contribution in [-0.4, -0.2) is 13.0 Å². The fourth-order valence-corrected chi connectivity index (χ4v) is 1.35. The van der Waals surface area contributed by atoms with Crippen LogP contribution in [0.2, 0.25) is 0 Å². The van der Waals surface area contributed by atoms with Crippen LogP contribution in [-0.2, 0) is 0 Å². The third kappa shape index (κ3) is 4.14. The number of alkyl halides is 4. The molecule has 1 N–H and O–H groups in total. The van der Waals surface area contributed by atoms with Gasteiger partial charge in [-0.1, -0.05) is 12.1 Å². The number of hydrogen-bond acceptors (Lipinski definition) is 1. The summed E-state index contributed by atoms with van der Waals surface area (Å²) in [5, 5.41) is 1.67. The second kappa shape index (κ2) is 5.79. The Morgan fingerprint density at radius 1 is 1.12 bits per heavy atom. The summed E-state index contributed by atoms with van der Waals surface area (Å²) in [5.74, 6) is -0.646. The van der Waals surface area contributed by atoms with Gasteiger partial charge in [-0.15, -0.1) is 0 Å². The van der Waals surface area contributed by atoms with Gasteiger partial charge in [0.15, 0.2) is 0 Å². The Morgan fingerprint density at radius 3 is 2.31 bits per heavy atom. The summed E-state index contributed by atoms with van der Waals surface area (Å²) in [6.45, 7) is -2.92. The van der Waals surface area contributed by atoms with Crippen LogP contribution in [0.25, 0.3) is 0 Å².